The Morgan fingerprint density at radius 2 is 2.20 bits per heavy atom. The molecule has 1 aliphatic rings. The molecule has 0 bridgehead atoms. The maximum Gasteiger partial charge on any atom is 0.0640 e. The van der Waals surface area contributed by atoms with E-state index in [1.807, 2.05) is 12.1 Å². The molecule has 0 aromatic heterocycles. The van der Waals surface area contributed by atoms with E-state index in [1.54, 1.807) is 0 Å². The summed E-state index contributed by atoms with van der Waals surface area (Å²) in [5.74, 6) is 0.580. The zero-order valence-corrected chi connectivity index (χ0v) is 10.4. The molecule has 1 aromatic rings. The van der Waals surface area contributed by atoms with Crippen LogP contribution < -0.4 is 5.32 Å². The van der Waals surface area contributed by atoms with Gasteiger partial charge in [0.2, 0.25) is 0 Å². The van der Waals surface area contributed by atoms with Crippen molar-refractivity contribution >= 4 is 17.3 Å². The molecule has 0 amide bonds. The summed E-state index contributed by atoms with van der Waals surface area (Å²) in [6, 6.07) is 6.20. The Balaban J connectivity index is 2.41. The molecule has 1 atom stereocenters. The van der Waals surface area contributed by atoms with Gasteiger partial charge in [0.25, 0.3) is 0 Å². The second kappa shape index (κ2) is 3.71. The standard InChI is InChI=1S/C13H18ClN/c1-4-13(2,3)10-8-15-12-9(10)6-5-7-11(12)14/h5-7,10,15H,4,8H2,1-3H3. The lowest BCUT2D eigenvalue weighted by Gasteiger charge is -2.30. The van der Waals surface area contributed by atoms with Gasteiger partial charge in [-0.1, -0.05) is 50.9 Å². The highest BCUT2D eigenvalue weighted by atomic mass is 35.5. The van der Waals surface area contributed by atoms with Gasteiger partial charge >= 0.3 is 0 Å². The lowest BCUT2D eigenvalue weighted by atomic mass is 9.74. The van der Waals surface area contributed by atoms with Gasteiger partial charge in [0.15, 0.2) is 0 Å². The summed E-state index contributed by atoms with van der Waals surface area (Å²) in [4.78, 5) is 0. The fourth-order valence-electron chi connectivity index (χ4n) is 2.28. The topological polar surface area (TPSA) is 12.0 Å². The highest BCUT2D eigenvalue weighted by Gasteiger charge is 2.34. The number of halogens is 1. The first-order valence-corrected chi connectivity index (χ1v) is 5.96. The third-order valence-corrected chi connectivity index (χ3v) is 4.07. The van der Waals surface area contributed by atoms with Crippen molar-refractivity contribution in [3.8, 4) is 0 Å². The van der Waals surface area contributed by atoms with E-state index in [2.05, 4.69) is 32.2 Å². The Labute approximate surface area is 96.8 Å². The molecular formula is C13H18ClN. The van der Waals surface area contributed by atoms with Gasteiger partial charge in [0, 0.05) is 12.5 Å². The molecule has 1 aromatic carbocycles. The van der Waals surface area contributed by atoms with Crippen molar-refractivity contribution in [2.24, 2.45) is 5.41 Å². The second-order valence-electron chi connectivity index (χ2n) is 4.98. The van der Waals surface area contributed by atoms with Crippen molar-refractivity contribution in [2.45, 2.75) is 33.1 Å². The Kier molecular flexibility index (Phi) is 2.68. The molecule has 0 spiro atoms. The number of anilines is 1. The average molecular weight is 224 g/mol. The number of hydrogen-bond donors (Lipinski definition) is 1. The van der Waals surface area contributed by atoms with E-state index in [9.17, 15) is 0 Å². The Morgan fingerprint density at radius 3 is 2.87 bits per heavy atom. The lowest BCUT2D eigenvalue weighted by Crippen LogP contribution is -2.22. The van der Waals surface area contributed by atoms with Crippen LogP contribution in [0.5, 0.6) is 0 Å². The highest BCUT2D eigenvalue weighted by Crippen LogP contribution is 2.46. The maximum absolute atomic E-state index is 6.17. The van der Waals surface area contributed by atoms with Crippen molar-refractivity contribution in [2.75, 3.05) is 11.9 Å². The van der Waals surface area contributed by atoms with Crippen LogP contribution in [0.15, 0.2) is 18.2 Å². The summed E-state index contributed by atoms with van der Waals surface area (Å²) in [6.45, 7) is 7.92. The van der Waals surface area contributed by atoms with Gasteiger partial charge in [-0.3, -0.25) is 0 Å². The first-order chi connectivity index (χ1) is 7.06. The van der Waals surface area contributed by atoms with E-state index >= 15 is 0 Å². The summed E-state index contributed by atoms with van der Waals surface area (Å²) in [5.41, 5.74) is 2.86. The quantitative estimate of drug-likeness (QED) is 0.789. The summed E-state index contributed by atoms with van der Waals surface area (Å²) in [6.07, 6.45) is 1.19. The first-order valence-electron chi connectivity index (χ1n) is 5.58. The van der Waals surface area contributed by atoms with Gasteiger partial charge in [-0.2, -0.15) is 0 Å². The third-order valence-electron chi connectivity index (χ3n) is 3.76. The monoisotopic (exact) mass is 223 g/mol. The van der Waals surface area contributed by atoms with Crippen LogP contribution in [-0.2, 0) is 0 Å². The molecule has 1 unspecified atom stereocenters. The van der Waals surface area contributed by atoms with E-state index in [1.165, 1.54) is 12.0 Å². The number of benzene rings is 1. The number of nitrogens with one attached hydrogen (secondary N) is 1. The van der Waals surface area contributed by atoms with Gasteiger partial charge in [0.05, 0.1) is 10.7 Å². The molecule has 0 radical (unpaired) electrons. The van der Waals surface area contributed by atoms with Crippen LogP contribution in [0.1, 0.15) is 38.7 Å². The molecule has 2 heteroatoms. The molecule has 1 nitrogen and oxygen atoms in total. The minimum atomic E-state index is 0.336. The van der Waals surface area contributed by atoms with Gasteiger partial charge in [-0.05, 0) is 17.0 Å². The van der Waals surface area contributed by atoms with Crippen LogP contribution in [0, 0.1) is 5.41 Å². The van der Waals surface area contributed by atoms with Crippen LogP contribution in [0.2, 0.25) is 5.02 Å². The fraction of sp³-hybridized carbons (Fsp3) is 0.538. The van der Waals surface area contributed by atoms with Crippen molar-refractivity contribution in [3.05, 3.63) is 28.8 Å². The van der Waals surface area contributed by atoms with E-state index in [0.717, 1.165) is 17.3 Å². The Morgan fingerprint density at radius 1 is 1.47 bits per heavy atom. The van der Waals surface area contributed by atoms with Gasteiger partial charge in [0.1, 0.15) is 0 Å². The smallest absolute Gasteiger partial charge is 0.0640 e. The first kappa shape index (κ1) is 10.8. The van der Waals surface area contributed by atoms with Crippen LogP contribution in [0.4, 0.5) is 5.69 Å². The van der Waals surface area contributed by atoms with Crippen molar-refractivity contribution in [3.63, 3.8) is 0 Å². The molecule has 15 heavy (non-hydrogen) atoms. The van der Waals surface area contributed by atoms with Crippen LogP contribution in [0.3, 0.4) is 0 Å². The second-order valence-corrected chi connectivity index (χ2v) is 5.39. The van der Waals surface area contributed by atoms with Crippen molar-refractivity contribution in [1.29, 1.82) is 0 Å². The number of fused-ring (bicyclic) bond motifs is 1. The zero-order chi connectivity index (χ0) is 11.1. The average Bonchev–Trinajstić information content (AvgIpc) is 2.63. The van der Waals surface area contributed by atoms with Gasteiger partial charge < -0.3 is 5.32 Å². The number of para-hydroxylation sites is 1. The SMILES string of the molecule is CCC(C)(C)C1CNc2c(Cl)cccc21. The van der Waals surface area contributed by atoms with E-state index in [4.69, 9.17) is 11.6 Å². The summed E-state index contributed by atoms with van der Waals surface area (Å²) in [7, 11) is 0. The van der Waals surface area contributed by atoms with E-state index in [-0.39, 0.29) is 0 Å². The lowest BCUT2D eigenvalue weighted by molar-refractivity contribution is 0.289. The summed E-state index contributed by atoms with van der Waals surface area (Å²) in [5, 5.41) is 4.28. The summed E-state index contributed by atoms with van der Waals surface area (Å²) >= 11 is 6.17. The molecule has 0 fully saturated rings. The minimum absolute atomic E-state index is 0.336. The van der Waals surface area contributed by atoms with Crippen LogP contribution in [0.25, 0.3) is 0 Å². The highest BCUT2D eigenvalue weighted by molar-refractivity contribution is 6.33. The molecule has 1 N–H and O–H groups in total. The van der Waals surface area contributed by atoms with Crippen LogP contribution >= 0.6 is 11.6 Å². The van der Waals surface area contributed by atoms with E-state index in [0.29, 0.717) is 11.3 Å². The predicted octanol–water partition coefficient (Wildman–Crippen LogP) is 4.29. The maximum atomic E-state index is 6.17. The normalized spacial score (nSPS) is 19.9. The Hall–Kier alpha value is -0.690. The fourth-order valence-corrected chi connectivity index (χ4v) is 2.52. The molecular weight excluding hydrogens is 206 g/mol. The number of hydrogen-bond acceptors (Lipinski definition) is 1. The summed E-state index contributed by atoms with van der Waals surface area (Å²) < 4.78 is 0. The van der Waals surface area contributed by atoms with E-state index < -0.39 is 0 Å². The number of rotatable bonds is 2. The molecule has 2 rings (SSSR count). The third kappa shape index (κ3) is 1.74. The largest absolute Gasteiger partial charge is 0.383 e. The zero-order valence-electron chi connectivity index (χ0n) is 9.60. The molecule has 1 aliphatic heterocycles. The predicted molar refractivity (Wildman–Crippen MR) is 66.8 cm³/mol. The molecule has 0 aliphatic carbocycles. The Bertz CT molecular complexity index is 371. The molecule has 0 saturated carbocycles. The van der Waals surface area contributed by atoms with Gasteiger partial charge in [-0.15, -0.1) is 0 Å². The van der Waals surface area contributed by atoms with Gasteiger partial charge in [-0.25, -0.2) is 0 Å². The van der Waals surface area contributed by atoms with Crippen molar-refractivity contribution in [1.82, 2.24) is 0 Å². The van der Waals surface area contributed by atoms with Crippen molar-refractivity contribution < 1.29 is 0 Å². The molecule has 0 saturated heterocycles. The van der Waals surface area contributed by atoms with Crippen LogP contribution in [-0.4, -0.2) is 6.54 Å². The molecule has 82 valence electrons. The molecule has 1 heterocycles. The minimum Gasteiger partial charge on any atom is -0.383 e.